The molecule has 1 rings (SSSR count). The average Bonchev–Trinajstić information content (AvgIpc) is 2.63. The Morgan fingerprint density at radius 1 is 0.900 bits per heavy atom. The van der Waals surface area contributed by atoms with Crippen LogP contribution in [0.15, 0.2) is 0 Å². The van der Waals surface area contributed by atoms with Crippen LogP contribution in [0.2, 0.25) is 0 Å². The number of rotatable bonds is 11. The van der Waals surface area contributed by atoms with Gasteiger partial charge in [-0.25, -0.2) is 0 Å². The summed E-state index contributed by atoms with van der Waals surface area (Å²) in [4.78, 5) is 46.4. The van der Waals surface area contributed by atoms with Crippen LogP contribution in [-0.4, -0.2) is 74.2 Å². The third kappa shape index (κ3) is 9.06. The summed E-state index contributed by atoms with van der Waals surface area (Å²) in [6.07, 6.45) is -1.86. The van der Waals surface area contributed by atoms with Gasteiger partial charge in [0.1, 0.15) is 18.8 Å². The number of unbranched alkanes of at least 4 members (excludes halogenated alkanes) is 2. The molecule has 1 heterocycles. The van der Waals surface area contributed by atoms with E-state index >= 15 is 0 Å². The molecule has 0 aromatic heterocycles. The summed E-state index contributed by atoms with van der Waals surface area (Å²) in [5.41, 5.74) is 5.48. The van der Waals surface area contributed by atoms with E-state index in [0.717, 1.165) is 12.8 Å². The molecule has 0 aromatic rings. The number of ether oxygens (including phenoxy) is 5. The van der Waals surface area contributed by atoms with E-state index in [1.165, 1.54) is 27.7 Å². The van der Waals surface area contributed by atoms with E-state index < -0.39 is 54.5 Å². The van der Waals surface area contributed by atoms with Crippen molar-refractivity contribution in [2.75, 3.05) is 19.8 Å². The van der Waals surface area contributed by atoms with Gasteiger partial charge >= 0.3 is 17.9 Å². The zero-order chi connectivity index (χ0) is 22.7. The number of esters is 3. The zero-order valence-electron chi connectivity index (χ0n) is 17.9. The zero-order valence-corrected chi connectivity index (χ0v) is 17.9. The number of nitrogens with two attached hydrogens (primary N) is 1. The summed E-state index contributed by atoms with van der Waals surface area (Å²) >= 11 is 0. The van der Waals surface area contributed by atoms with Crippen molar-refractivity contribution in [2.24, 2.45) is 5.73 Å². The molecule has 0 radical (unpaired) electrons. The van der Waals surface area contributed by atoms with E-state index in [2.05, 4.69) is 5.32 Å². The number of carbonyl (C=O) groups is 4. The third-order valence-corrected chi connectivity index (χ3v) is 4.20. The molecule has 0 aliphatic carbocycles. The average molecular weight is 432 g/mol. The number of hydrogen-bond acceptors (Lipinski definition) is 10. The molecule has 172 valence electrons. The van der Waals surface area contributed by atoms with Crippen molar-refractivity contribution in [3.05, 3.63) is 0 Å². The van der Waals surface area contributed by atoms with Crippen LogP contribution >= 0.6 is 0 Å². The van der Waals surface area contributed by atoms with Gasteiger partial charge in [0.2, 0.25) is 5.91 Å². The highest BCUT2D eigenvalue weighted by atomic mass is 16.7. The first kappa shape index (κ1) is 25.8. The van der Waals surface area contributed by atoms with Crippen LogP contribution in [0.5, 0.6) is 0 Å². The van der Waals surface area contributed by atoms with Gasteiger partial charge in [-0.3, -0.25) is 19.2 Å². The van der Waals surface area contributed by atoms with Gasteiger partial charge in [-0.05, 0) is 25.8 Å². The fourth-order valence-corrected chi connectivity index (χ4v) is 3.06. The summed E-state index contributed by atoms with van der Waals surface area (Å²) in [6.45, 7) is 5.48. The van der Waals surface area contributed by atoms with Gasteiger partial charge in [-0.1, -0.05) is 0 Å². The number of nitrogens with one attached hydrogen (secondary N) is 1. The second-order valence-electron chi connectivity index (χ2n) is 6.94. The van der Waals surface area contributed by atoms with Crippen LogP contribution in [0.4, 0.5) is 0 Å². The second kappa shape index (κ2) is 13.1. The molecule has 1 fully saturated rings. The minimum atomic E-state index is -1.13. The standard InChI is InChI=1S/C19H32N2O9/c1-11(22)21-16-18(29-14(4)25)17(28-13(3)24)15(10-27-12(2)23)30-19(16)26-9-7-5-6-8-20/h15-19H,5-10,20H2,1-4H3,(H,21,22)/t15-,16+,17+,18-,19-/m1/s1. The van der Waals surface area contributed by atoms with Crippen molar-refractivity contribution < 1.29 is 42.9 Å². The number of hydrogen-bond donors (Lipinski definition) is 2. The van der Waals surface area contributed by atoms with Crippen molar-refractivity contribution in [3.8, 4) is 0 Å². The van der Waals surface area contributed by atoms with Gasteiger partial charge in [0.15, 0.2) is 18.5 Å². The SMILES string of the molecule is CC(=O)N[C@@H]1[C@H](OCCCCCN)O[C@H](COC(C)=O)[C@H](OC(C)=O)[C@@H]1OC(C)=O. The molecular weight excluding hydrogens is 400 g/mol. The third-order valence-electron chi connectivity index (χ3n) is 4.20. The maximum Gasteiger partial charge on any atom is 0.303 e. The highest BCUT2D eigenvalue weighted by Gasteiger charge is 2.51. The molecule has 11 nitrogen and oxygen atoms in total. The predicted molar refractivity (Wildman–Crippen MR) is 103 cm³/mol. The summed E-state index contributed by atoms with van der Waals surface area (Å²) < 4.78 is 27.4. The number of carbonyl (C=O) groups excluding carboxylic acids is 4. The largest absolute Gasteiger partial charge is 0.463 e. The summed E-state index contributed by atoms with van der Waals surface area (Å²) in [5.74, 6) is -2.29. The molecule has 5 atom stereocenters. The van der Waals surface area contributed by atoms with Crippen molar-refractivity contribution in [1.82, 2.24) is 5.32 Å². The van der Waals surface area contributed by atoms with Crippen LogP contribution in [0, 0.1) is 0 Å². The highest BCUT2D eigenvalue weighted by molar-refractivity contribution is 5.73. The first-order valence-electron chi connectivity index (χ1n) is 9.87. The molecule has 11 heteroatoms. The highest BCUT2D eigenvalue weighted by Crippen LogP contribution is 2.28. The maximum atomic E-state index is 11.8. The van der Waals surface area contributed by atoms with Crippen LogP contribution in [0.3, 0.4) is 0 Å². The van der Waals surface area contributed by atoms with E-state index in [1.807, 2.05) is 0 Å². The Balaban J connectivity index is 3.13. The molecule has 0 unspecified atom stereocenters. The van der Waals surface area contributed by atoms with Crippen LogP contribution in [-0.2, 0) is 42.9 Å². The van der Waals surface area contributed by atoms with E-state index in [4.69, 9.17) is 29.4 Å². The Morgan fingerprint density at radius 3 is 2.07 bits per heavy atom. The van der Waals surface area contributed by atoms with Gasteiger partial charge in [0, 0.05) is 34.3 Å². The van der Waals surface area contributed by atoms with Crippen molar-refractivity contribution in [3.63, 3.8) is 0 Å². The predicted octanol–water partition coefficient (Wildman–Crippen LogP) is -0.212. The van der Waals surface area contributed by atoms with E-state index in [9.17, 15) is 19.2 Å². The number of amides is 1. The van der Waals surface area contributed by atoms with Crippen LogP contribution in [0.1, 0.15) is 47.0 Å². The molecular formula is C19H32N2O9. The fourth-order valence-electron chi connectivity index (χ4n) is 3.06. The molecule has 1 aliphatic rings. The van der Waals surface area contributed by atoms with E-state index in [1.54, 1.807) is 0 Å². The summed E-state index contributed by atoms with van der Waals surface area (Å²) in [6, 6.07) is -0.946. The molecule has 0 bridgehead atoms. The van der Waals surface area contributed by atoms with Crippen molar-refractivity contribution >= 4 is 23.8 Å². The molecule has 0 spiro atoms. The van der Waals surface area contributed by atoms with E-state index in [-0.39, 0.29) is 6.61 Å². The van der Waals surface area contributed by atoms with Gasteiger partial charge in [0.25, 0.3) is 0 Å². The fraction of sp³-hybridized carbons (Fsp3) is 0.789. The lowest BCUT2D eigenvalue weighted by Crippen LogP contribution is -2.66. The maximum absolute atomic E-state index is 11.8. The minimum absolute atomic E-state index is 0.259. The lowest BCUT2D eigenvalue weighted by atomic mass is 9.96. The van der Waals surface area contributed by atoms with Crippen LogP contribution in [0.25, 0.3) is 0 Å². The summed E-state index contributed by atoms with van der Waals surface area (Å²) in [5, 5.41) is 2.64. The Hall–Kier alpha value is -2.24. The van der Waals surface area contributed by atoms with Crippen LogP contribution < -0.4 is 11.1 Å². The molecule has 30 heavy (non-hydrogen) atoms. The van der Waals surface area contributed by atoms with Gasteiger partial charge in [-0.15, -0.1) is 0 Å². The Morgan fingerprint density at radius 2 is 1.53 bits per heavy atom. The molecule has 3 N–H and O–H groups in total. The smallest absolute Gasteiger partial charge is 0.303 e. The first-order valence-corrected chi connectivity index (χ1v) is 9.87. The molecule has 1 aliphatic heterocycles. The quantitative estimate of drug-likeness (QED) is 0.255. The lowest BCUT2D eigenvalue weighted by molar-refractivity contribution is -0.277. The first-order chi connectivity index (χ1) is 14.1. The van der Waals surface area contributed by atoms with Gasteiger partial charge in [-0.2, -0.15) is 0 Å². The Labute approximate surface area is 175 Å². The molecule has 0 saturated carbocycles. The van der Waals surface area contributed by atoms with Crippen molar-refractivity contribution in [2.45, 2.75) is 77.6 Å². The normalized spacial score (nSPS) is 25.8. The topological polar surface area (TPSA) is 152 Å². The Bertz CT molecular complexity index is 599. The molecule has 0 aromatic carbocycles. The summed E-state index contributed by atoms with van der Waals surface area (Å²) in [7, 11) is 0. The molecule has 1 amide bonds. The monoisotopic (exact) mass is 432 g/mol. The second-order valence-corrected chi connectivity index (χ2v) is 6.94. The van der Waals surface area contributed by atoms with E-state index in [0.29, 0.717) is 19.6 Å². The molecule has 1 saturated heterocycles. The lowest BCUT2D eigenvalue weighted by Gasteiger charge is -2.44. The minimum Gasteiger partial charge on any atom is -0.463 e. The Kier molecular flexibility index (Phi) is 11.3. The van der Waals surface area contributed by atoms with Gasteiger partial charge < -0.3 is 34.7 Å². The van der Waals surface area contributed by atoms with Crippen molar-refractivity contribution in [1.29, 1.82) is 0 Å². The van der Waals surface area contributed by atoms with Gasteiger partial charge in [0.05, 0.1) is 0 Å².